The maximum Gasteiger partial charge on any atom is 0.143 e. The highest BCUT2D eigenvalue weighted by atomic mass is 16.5. The lowest BCUT2D eigenvalue weighted by atomic mass is 9.79. The zero-order chi connectivity index (χ0) is 11.2. The van der Waals surface area contributed by atoms with Crippen LogP contribution < -0.4 is 10.1 Å². The van der Waals surface area contributed by atoms with E-state index in [-0.39, 0.29) is 5.60 Å². The van der Waals surface area contributed by atoms with E-state index < -0.39 is 0 Å². The standard InChI is InChI=1S/C14H19NO/c1-10(2)11-4-5-12-13(8-11)16-14(9-15-12)6-3-7-14/h4-5,8,10,15H,3,6-7,9H2,1-2H3. The fraction of sp³-hybridized carbons (Fsp3) is 0.571. The summed E-state index contributed by atoms with van der Waals surface area (Å²) in [5.41, 5.74) is 2.63. The van der Waals surface area contributed by atoms with Gasteiger partial charge < -0.3 is 10.1 Å². The van der Waals surface area contributed by atoms with Crippen LogP contribution in [0.25, 0.3) is 0 Å². The first-order chi connectivity index (χ1) is 7.69. The molecule has 2 nitrogen and oxygen atoms in total. The Balaban J connectivity index is 1.92. The van der Waals surface area contributed by atoms with Gasteiger partial charge in [0.15, 0.2) is 0 Å². The van der Waals surface area contributed by atoms with Crippen molar-refractivity contribution in [3.05, 3.63) is 23.8 Å². The Bertz CT molecular complexity index is 407. The van der Waals surface area contributed by atoms with E-state index in [1.165, 1.54) is 24.8 Å². The maximum absolute atomic E-state index is 6.18. The van der Waals surface area contributed by atoms with E-state index in [1.54, 1.807) is 0 Å². The third-order valence-electron chi connectivity index (χ3n) is 3.86. The number of benzene rings is 1. The van der Waals surface area contributed by atoms with E-state index in [0.29, 0.717) is 5.92 Å². The summed E-state index contributed by atoms with van der Waals surface area (Å²) in [6, 6.07) is 6.54. The average Bonchev–Trinajstić information content (AvgIpc) is 2.25. The van der Waals surface area contributed by atoms with Crippen LogP contribution in [0.5, 0.6) is 5.75 Å². The lowest BCUT2D eigenvalue weighted by Gasteiger charge is -2.45. The molecule has 1 aliphatic carbocycles. The van der Waals surface area contributed by atoms with Gasteiger partial charge in [-0.3, -0.25) is 0 Å². The molecule has 86 valence electrons. The minimum atomic E-state index is 0.114. The van der Waals surface area contributed by atoms with Crippen molar-refractivity contribution in [3.8, 4) is 5.75 Å². The van der Waals surface area contributed by atoms with Gasteiger partial charge in [0.05, 0.1) is 12.2 Å². The minimum absolute atomic E-state index is 0.114. The van der Waals surface area contributed by atoms with Gasteiger partial charge in [-0.25, -0.2) is 0 Å². The normalized spacial score (nSPS) is 20.9. The van der Waals surface area contributed by atoms with Crippen LogP contribution >= 0.6 is 0 Å². The first-order valence-electron chi connectivity index (χ1n) is 6.25. The van der Waals surface area contributed by atoms with Gasteiger partial charge in [-0.1, -0.05) is 19.9 Å². The van der Waals surface area contributed by atoms with Crippen molar-refractivity contribution >= 4 is 5.69 Å². The maximum atomic E-state index is 6.18. The number of anilines is 1. The van der Waals surface area contributed by atoms with Crippen molar-refractivity contribution in [3.63, 3.8) is 0 Å². The Kier molecular flexibility index (Phi) is 2.13. The van der Waals surface area contributed by atoms with Crippen molar-refractivity contribution in [2.45, 2.75) is 44.6 Å². The summed E-state index contributed by atoms with van der Waals surface area (Å²) >= 11 is 0. The van der Waals surface area contributed by atoms with Gasteiger partial charge in [0.25, 0.3) is 0 Å². The highest BCUT2D eigenvalue weighted by molar-refractivity contribution is 5.60. The highest BCUT2D eigenvalue weighted by Crippen LogP contribution is 2.43. The van der Waals surface area contributed by atoms with Gasteiger partial charge in [-0.05, 0) is 42.9 Å². The lowest BCUT2D eigenvalue weighted by Crippen LogP contribution is -2.51. The molecule has 0 saturated heterocycles. The molecule has 1 fully saturated rings. The summed E-state index contributed by atoms with van der Waals surface area (Å²) in [7, 11) is 0. The molecule has 3 rings (SSSR count). The zero-order valence-corrected chi connectivity index (χ0v) is 10.0. The Labute approximate surface area is 97.0 Å². The number of fused-ring (bicyclic) bond motifs is 1. The molecule has 1 aliphatic heterocycles. The van der Waals surface area contributed by atoms with Crippen molar-refractivity contribution in [1.29, 1.82) is 0 Å². The van der Waals surface area contributed by atoms with Crippen LogP contribution in [0.3, 0.4) is 0 Å². The molecule has 1 saturated carbocycles. The van der Waals surface area contributed by atoms with Gasteiger partial charge >= 0.3 is 0 Å². The SMILES string of the molecule is CC(C)c1ccc2c(c1)OC1(CCC1)CN2. The van der Waals surface area contributed by atoms with Crippen molar-refractivity contribution in [2.75, 3.05) is 11.9 Å². The summed E-state index contributed by atoms with van der Waals surface area (Å²) in [5.74, 6) is 1.62. The Hall–Kier alpha value is -1.18. The average molecular weight is 217 g/mol. The van der Waals surface area contributed by atoms with Crippen molar-refractivity contribution < 1.29 is 4.74 Å². The van der Waals surface area contributed by atoms with Crippen LogP contribution in [0, 0.1) is 0 Å². The lowest BCUT2D eigenvalue weighted by molar-refractivity contribution is 0.000125. The molecule has 0 radical (unpaired) electrons. The zero-order valence-electron chi connectivity index (χ0n) is 10.0. The Morgan fingerprint density at radius 3 is 2.75 bits per heavy atom. The van der Waals surface area contributed by atoms with Crippen LogP contribution in [0.1, 0.15) is 44.6 Å². The van der Waals surface area contributed by atoms with Gasteiger partial charge in [-0.2, -0.15) is 0 Å². The van der Waals surface area contributed by atoms with Gasteiger partial charge in [0.1, 0.15) is 11.4 Å². The molecule has 16 heavy (non-hydrogen) atoms. The molecule has 1 aromatic carbocycles. The molecule has 2 aliphatic rings. The van der Waals surface area contributed by atoms with Crippen LogP contribution in [0.15, 0.2) is 18.2 Å². The third kappa shape index (κ3) is 1.48. The number of rotatable bonds is 1. The third-order valence-corrected chi connectivity index (χ3v) is 3.86. The smallest absolute Gasteiger partial charge is 0.143 e. The quantitative estimate of drug-likeness (QED) is 0.777. The van der Waals surface area contributed by atoms with Crippen molar-refractivity contribution in [2.24, 2.45) is 0 Å². The number of hydrogen-bond acceptors (Lipinski definition) is 2. The largest absolute Gasteiger partial charge is 0.483 e. The summed E-state index contributed by atoms with van der Waals surface area (Å²) < 4.78 is 6.18. The molecule has 0 aromatic heterocycles. The van der Waals surface area contributed by atoms with Crippen molar-refractivity contribution in [1.82, 2.24) is 0 Å². The molecule has 0 bridgehead atoms. The molecule has 1 spiro atoms. The van der Waals surface area contributed by atoms with E-state index in [0.717, 1.165) is 18.0 Å². The van der Waals surface area contributed by atoms with Crippen LogP contribution in [0.4, 0.5) is 5.69 Å². The number of ether oxygens (including phenoxy) is 1. The summed E-state index contributed by atoms with van der Waals surface area (Å²) in [5, 5.41) is 3.50. The molecule has 1 heterocycles. The molecule has 0 atom stereocenters. The summed E-state index contributed by atoms with van der Waals surface area (Å²) in [4.78, 5) is 0. The van der Waals surface area contributed by atoms with Crippen LogP contribution in [0.2, 0.25) is 0 Å². The predicted octanol–water partition coefficient (Wildman–Crippen LogP) is 3.54. The molecule has 1 aromatic rings. The Morgan fingerprint density at radius 1 is 1.31 bits per heavy atom. The first kappa shape index (κ1) is 10.0. The van der Waals surface area contributed by atoms with E-state index in [9.17, 15) is 0 Å². The van der Waals surface area contributed by atoms with Gasteiger partial charge in [-0.15, -0.1) is 0 Å². The second-order valence-corrected chi connectivity index (χ2v) is 5.40. The number of nitrogens with one attached hydrogen (secondary N) is 1. The molecule has 1 N–H and O–H groups in total. The fourth-order valence-corrected chi connectivity index (χ4v) is 2.50. The Morgan fingerprint density at radius 2 is 2.12 bits per heavy atom. The minimum Gasteiger partial charge on any atom is -0.483 e. The number of hydrogen-bond donors (Lipinski definition) is 1. The van der Waals surface area contributed by atoms with E-state index in [4.69, 9.17) is 4.74 Å². The second-order valence-electron chi connectivity index (χ2n) is 5.40. The van der Waals surface area contributed by atoms with E-state index in [2.05, 4.69) is 37.4 Å². The molecule has 0 unspecified atom stereocenters. The van der Waals surface area contributed by atoms with Crippen LogP contribution in [-0.4, -0.2) is 12.1 Å². The molecular formula is C14H19NO. The molecule has 0 amide bonds. The topological polar surface area (TPSA) is 21.3 Å². The first-order valence-corrected chi connectivity index (χ1v) is 6.25. The van der Waals surface area contributed by atoms with E-state index in [1.807, 2.05) is 0 Å². The van der Waals surface area contributed by atoms with Gasteiger partial charge in [0, 0.05) is 0 Å². The van der Waals surface area contributed by atoms with Crippen LogP contribution in [-0.2, 0) is 0 Å². The van der Waals surface area contributed by atoms with E-state index >= 15 is 0 Å². The fourth-order valence-electron chi connectivity index (χ4n) is 2.50. The molecule has 2 heteroatoms. The highest BCUT2D eigenvalue weighted by Gasteiger charge is 2.42. The monoisotopic (exact) mass is 217 g/mol. The van der Waals surface area contributed by atoms with Gasteiger partial charge in [0.2, 0.25) is 0 Å². The molecular weight excluding hydrogens is 198 g/mol. The summed E-state index contributed by atoms with van der Waals surface area (Å²) in [6.07, 6.45) is 3.71. The summed E-state index contributed by atoms with van der Waals surface area (Å²) in [6.45, 7) is 5.41. The predicted molar refractivity (Wildman–Crippen MR) is 66.2 cm³/mol. The second kappa shape index (κ2) is 3.41.